The van der Waals surface area contributed by atoms with Gasteiger partial charge in [0.1, 0.15) is 5.60 Å². The molecule has 5 nitrogen and oxygen atoms in total. The van der Waals surface area contributed by atoms with Crippen molar-refractivity contribution in [1.29, 1.82) is 0 Å². The molecule has 162 valence electrons. The molecular weight excluding hydrogens is 421 g/mol. The summed E-state index contributed by atoms with van der Waals surface area (Å²) in [6.07, 6.45) is -5.22. The van der Waals surface area contributed by atoms with Crippen LogP contribution in [0.4, 0.5) is 13.2 Å². The molecule has 0 radical (unpaired) electrons. The monoisotopic (exact) mass is 442 g/mol. The van der Waals surface area contributed by atoms with E-state index in [1.54, 1.807) is 24.3 Å². The fourth-order valence-electron chi connectivity index (χ4n) is 3.42. The van der Waals surface area contributed by atoms with Crippen LogP contribution in [0.15, 0.2) is 48.5 Å². The first-order valence-corrected chi connectivity index (χ1v) is 9.78. The van der Waals surface area contributed by atoms with Gasteiger partial charge in [0.2, 0.25) is 0 Å². The number of rotatable bonds is 5. The molecule has 0 aromatic heterocycles. The lowest BCUT2D eigenvalue weighted by molar-refractivity contribution is -0.137. The molecule has 9 heteroatoms. The minimum atomic E-state index is -4.40. The van der Waals surface area contributed by atoms with Crippen LogP contribution in [-0.4, -0.2) is 52.4 Å². The van der Waals surface area contributed by atoms with E-state index >= 15 is 0 Å². The van der Waals surface area contributed by atoms with Crippen molar-refractivity contribution in [3.63, 3.8) is 0 Å². The Kier molecular flexibility index (Phi) is 6.71. The fourth-order valence-corrected chi connectivity index (χ4v) is 3.54. The van der Waals surface area contributed by atoms with E-state index in [9.17, 15) is 28.2 Å². The zero-order valence-electron chi connectivity index (χ0n) is 16.0. The molecule has 3 N–H and O–H groups in total. The second-order valence-electron chi connectivity index (χ2n) is 7.44. The first kappa shape index (κ1) is 22.6. The lowest BCUT2D eigenvalue weighted by atomic mass is 9.89. The lowest BCUT2D eigenvalue weighted by Crippen LogP contribution is -2.62. The Morgan fingerprint density at radius 1 is 1.17 bits per heavy atom. The predicted octanol–water partition coefficient (Wildman–Crippen LogP) is 3.09. The summed E-state index contributed by atoms with van der Waals surface area (Å²) in [4.78, 5) is 14.2. The molecule has 0 saturated carbocycles. The number of aliphatic hydroxyl groups excluding tert-OH is 1. The second-order valence-corrected chi connectivity index (χ2v) is 7.88. The summed E-state index contributed by atoms with van der Waals surface area (Å²) in [7, 11) is 0. The number of hydrogen-bond acceptors (Lipinski definition) is 4. The molecule has 1 amide bonds. The highest BCUT2D eigenvalue weighted by molar-refractivity contribution is 6.30. The third-order valence-corrected chi connectivity index (χ3v) is 5.43. The van der Waals surface area contributed by atoms with Crippen molar-refractivity contribution in [3.8, 4) is 0 Å². The molecule has 0 bridgehead atoms. The van der Waals surface area contributed by atoms with Gasteiger partial charge in [0.05, 0.1) is 18.2 Å². The van der Waals surface area contributed by atoms with Gasteiger partial charge in [-0.25, -0.2) is 0 Å². The number of nitrogens with one attached hydrogen (secondary N) is 1. The number of benzene rings is 2. The van der Waals surface area contributed by atoms with Crippen LogP contribution in [0, 0.1) is 0 Å². The molecule has 2 atom stereocenters. The standard InChI is InChI=1S/C21H22ClF3N2O3/c22-17-7-3-15(4-8-17)19(29)27-10-9-18(28)20(30,13-27)12-26-11-14-1-5-16(6-2-14)21(23,24)25/h1-8,18,26,28,30H,9-13H2/t18-,20+/m0/s1. The van der Waals surface area contributed by atoms with Crippen LogP contribution in [0.25, 0.3) is 0 Å². The highest BCUT2D eigenvalue weighted by Gasteiger charge is 2.42. The molecule has 1 saturated heterocycles. The SMILES string of the molecule is O=C(c1ccc(Cl)cc1)N1CC[C@H](O)[C@@](O)(CNCc2ccc(C(F)(F)F)cc2)C1. The Morgan fingerprint density at radius 2 is 1.80 bits per heavy atom. The smallest absolute Gasteiger partial charge is 0.390 e. The Bertz CT molecular complexity index is 875. The quantitative estimate of drug-likeness (QED) is 0.665. The van der Waals surface area contributed by atoms with Gasteiger partial charge in [0.25, 0.3) is 5.91 Å². The van der Waals surface area contributed by atoms with E-state index in [-0.39, 0.29) is 32.0 Å². The molecule has 2 aromatic carbocycles. The summed E-state index contributed by atoms with van der Waals surface area (Å²) in [5.74, 6) is -0.278. The number of β-amino-alcohol motifs (C(OH)–C–C–N with tert-alkyl or cyclic N) is 1. The minimum Gasteiger partial charge on any atom is -0.390 e. The molecule has 1 heterocycles. The summed E-state index contributed by atoms with van der Waals surface area (Å²) in [6, 6.07) is 11.1. The van der Waals surface area contributed by atoms with Crippen molar-refractivity contribution in [2.75, 3.05) is 19.6 Å². The van der Waals surface area contributed by atoms with Gasteiger partial charge in [0, 0.05) is 30.2 Å². The van der Waals surface area contributed by atoms with E-state index in [2.05, 4.69) is 5.32 Å². The average molecular weight is 443 g/mol. The lowest BCUT2D eigenvalue weighted by Gasteiger charge is -2.42. The fraction of sp³-hybridized carbons (Fsp3) is 0.381. The zero-order valence-corrected chi connectivity index (χ0v) is 16.7. The molecule has 3 rings (SSSR count). The van der Waals surface area contributed by atoms with Crippen LogP contribution in [0.1, 0.15) is 27.9 Å². The van der Waals surface area contributed by atoms with Crippen molar-refractivity contribution < 1.29 is 28.2 Å². The molecule has 0 unspecified atom stereocenters. The van der Waals surface area contributed by atoms with Crippen LogP contribution in [-0.2, 0) is 12.7 Å². The molecular formula is C21H22ClF3N2O3. The van der Waals surface area contributed by atoms with Gasteiger partial charge < -0.3 is 20.4 Å². The molecule has 1 aliphatic rings. The van der Waals surface area contributed by atoms with Crippen molar-refractivity contribution in [2.24, 2.45) is 0 Å². The summed E-state index contributed by atoms with van der Waals surface area (Å²) in [5, 5.41) is 24.7. The van der Waals surface area contributed by atoms with E-state index in [0.717, 1.165) is 12.1 Å². The third kappa shape index (κ3) is 5.31. The summed E-state index contributed by atoms with van der Waals surface area (Å²) < 4.78 is 37.9. The average Bonchev–Trinajstić information content (AvgIpc) is 2.70. The molecule has 30 heavy (non-hydrogen) atoms. The maximum atomic E-state index is 12.7. The molecule has 2 aromatic rings. The first-order chi connectivity index (χ1) is 14.1. The van der Waals surface area contributed by atoms with Gasteiger partial charge in [-0.2, -0.15) is 13.2 Å². The number of likely N-dealkylation sites (tertiary alicyclic amines) is 1. The summed E-state index contributed by atoms with van der Waals surface area (Å²) >= 11 is 5.84. The second kappa shape index (κ2) is 8.93. The highest BCUT2D eigenvalue weighted by Crippen LogP contribution is 2.29. The van der Waals surface area contributed by atoms with Crippen LogP contribution < -0.4 is 5.32 Å². The number of halogens is 4. The number of amides is 1. The van der Waals surface area contributed by atoms with Crippen molar-refractivity contribution >= 4 is 17.5 Å². The van der Waals surface area contributed by atoms with Gasteiger partial charge >= 0.3 is 6.18 Å². The van der Waals surface area contributed by atoms with E-state index in [1.807, 2.05) is 0 Å². The van der Waals surface area contributed by atoms with Gasteiger partial charge in [-0.15, -0.1) is 0 Å². The number of hydrogen-bond donors (Lipinski definition) is 3. The van der Waals surface area contributed by atoms with Crippen LogP contribution in [0.3, 0.4) is 0 Å². The van der Waals surface area contributed by atoms with E-state index in [0.29, 0.717) is 22.7 Å². The molecule has 1 fully saturated rings. The first-order valence-electron chi connectivity index (χ1n) is 9.41. The van der Waals surface area contributed by atoms with Crippen molar-refractivity contribution in [1.82, 2.24) is 10.2 Å². The Labute approximate surface area is 177 Å². The maximum Gasteiger partial charge on any atom is 0.416 e. The van der Waals surface area contributed by atoms with Crippen LogP contribution >= 0.6 is 11.6 Å². The molecule has 0 spiro atoms. The molecule has 1 aliphatic heterocycles. The number of alkyl halides is 3. The summed E-state index contributed by atoms with van der Waals surface area (Å²) in [5.41, 5.74) is -1.28. The summed E-state index contributed by atoms with van der Waals surface area (Å²) in [6.45, 7) is 0.400. The Morgan fingerprint density at radius 3 is 2.40 bits per heavy atom. The van der Waals surface area contributed by atoms with E-state index < -0.39 is 23.4 Å². The third-order valence-electron chi connectivity index (χ3n) is 5.18. The van der Waals surface area contributed by atoms with Crippen molar-refractivity contribution in [3.05, 3.63) is 70.2 Å². The highest BCUT2D eigenvalue weighted by atomic mass is 35.5. The van der Waals surface area contributed by atoms with E-state index in [4.69, 9.17) is 11.6 Å². The van der Waals surface area contributed by atoms with Crippen molar-refractivity contribution in [2.45, 2.75) is 30.8 Å². The van der Waals surface area contributed by atoms with Gasteiger partial charge in [-0.1, -0.05) is 23.7 Å². The largest absolute Gasteiger partial charge is 0.416 e. The van der Waals surface area contributed by atoms with Gasteiger partial charge in [-0.3, -0.25) is 4.79 Å². The van der Waals surface area contributed by atoms with Gasteiger partial charge in [0.15, 0.2) is 0 Å². The minimum absolute atomic E-state index is 0.0282. The van der Waals surface area contributed by atoms with Gasteiger partial charge in [-0.05, 0) is 48.4 Å². The normalized spacial score (nSPS) is 22.2. The number of carbonyl (C=O) groups excluding carboxylic acids is 1. The number of aliphatic hydroxyl groups is 2. The molecule has 0 aliphatic carbocycles. The number of piperidine rings is 1. The maximum absolute atomic E-state index is 12.7. The number of carbonyl (C=O) groups is 1. The number of nitrogens with zero attached hydrogens (tertiary/aromatic N) is 1. The van der Waals surface area contributed by atoms with E-state index in [1.165, 1.54) is 17.0 Å². The predicted molar refractivity (Wildman–Crippen MR) is 106 cm³/mol. The Balaban J connectivity index is 1.60. The van der Waals surface area contributed by atoms with Crippen LogP contribution in [0.2, 0.25) is 5.02 Å². The zero-order chi connectivity index (χ0) is 21.9. The Hall–Kier alpha value is -2.13. The topological polar surface area (TPSA) is 72.8 Å². The van der Waals surface area contributed by atoms with Crippen LogP contribution in [0.5, 0.6) is 0 Å².